The van der Waals surface area contributed by atoms with Crippen LogP contribution in [-0.2, 0) is 22.0 Å². The highest BCUT2D eigenvalue weighted by atomic mass is 32.2. The van der Waals surface area contributed by atoms with Crippen molar-refractivity contribution in [2.75, 3.05) is 10.0 Å². The van der Waals surface area contributed by atoms with Gasteiger partial charge < -0.3 is 10.1 Å². The van der Waals surface area contributed by atoms with Crippen LogP contribution in [0, 0.1) is 0 Å². The summed E-state index contributed by atoms with van der Waals surface area (Å²) in [5.74, 6) is 0.800. The molecule has 0 atom stereocenters. The molecule has 2 aromatic carbocycles. The summed E-state index contributed by atoms with van der Waals surface area (Å²) in [6.45, 7) is 6.91. The zero-order chi connectivity index (χ0) is 23.5. The van der Waals surface area contributed by atoms with Gasteiger partial charge in [0.1, 0.15) is 12.4 Å². The van der Waals surface area contributed by atoms with Gasteiger partial charge in [-0.3, -0.25) is 4.72 Å². The lowest BCUT2D eigenvalue weighted by Crippen LogP contribution is -2.12. The first-order chi connectivity index (χ1) is 15.7. The van der Waals surface area contributed by atoms with Crippen LogP contribution in [0.1, 0.15) is 32.0 Å². The molecule has 0 aliphatic carbocycles. The summed E-state index contributed by atoms with van der Waals surface area (Å²) in [7, 11) is -3.67. The molecule has 33 heavy (non-hydrogen) atoms. The van der Waals surface area contributed by atoms with E-state index in [1.54, 1.807) is 23.7 Å². The molecule has 0 bridgehead atoms. The molecular formula is C23H24N4O3S3. The van der Waals surface area contributed by atoms with Gasteiger partial charge in [-0.15, -0.1) is 22.7 Å². The number of ether oxygens (including phenoxy) is 1. The Balaban J connectivity index is 1.33. The molecular weight excluding hydrogens is 476 g/mol. The quantitative estimate of drug-likeness (QED) is 0.307. The summed E-state index contributed by atoms with van der Waals surface area (Å²) >= 11 is 2.68. The molecule has 172 valence electrons. The van der Waals surface area contributed by atoms with Crippen LogP contribution in [0.2, 0.25) is 0 Å². The fourth-order valence-electron chi connectivity index (χ4n) is 2.93. The van der Waals surface area contributed by atoms with Crippen LogP contribution in [0.3, 0.4) is 0 Å². The molecule has 2 aromatic heterocycles. The number of sulfonamides is 1. The summed E-state index contributed by atoms with van der Waals surface area (Å²) < 4.78 is 33.2. The lowest BCUT2D eigenvalue weighted by Gasteiger charge is -2.19. The smallest absolute Gasteiger partial charge is 0.263 e. The summed E-state index contributed by atoms with van der Waals surface area (Å²) in [4.78, 5) is 8.65. The topological polar surface area (TPSA) is 93.2 Å². The number of nitrogens with zero attached hydrogens (tertiary/aromatic N) is 2. The van der Waals surface area contributed by atoms with Crippen molar-refractivity contribution in [2.24, 2.45) is 0 Å². The highest BCUT2D eigenvalue weighted by Crippen LogP contribution is 2.26. The third-order valence-corrected chi connectivity index (χ3v) is 7.71. The average molecular weight is 501 g/mol. The molecule has 4 rings (SSSR count). The molecule has 0 spiro atoms. The predicted octanol–water partition coefficient (Wildman–Crippen LogP) is 6.02. The summed E-state index contributed by atoms with van der Waals surface area (Å²) in [5, 5.41) is 7.87. The van der Waals surface area contributed by atoms with Crippen LogP contribution in [0.15, 0.2) is 70.4 Å². The second-order valence-corrected chi connectivity index (χ2v) is 11.7. The van der Waals surface area contributed by atoms with Crippen LogP contribution in [-0.4, -0.2) is 18.4 Å². The number of benzene rings is 2. The van der Waals surface area contributed by atoms with Gasteiger partial charge in [0.05, 0.1) is 10.6 Å². The minimum Gasteiger partial charge on any atom is -0.487 e. The van der Waals surface area contributed by atoms with E-state index in [1.807, 2.05) is 17.5 Å². The first kappa shape index (κ1) is 23.2. The number of aromatic nitrogens is 2. The van der Waals surface area contributed by atoms with E-state index in [1.165, 1.54) is 40.4 Å². The molecule has 4 aromatic rings. The van der Waals surface area contributed by atoms with Crippen molar-refractivity contribution in [3.05, 3.63) is 76.7 Å². The fraction of sp³-hybridized carbons (Fsp3) is 0.217. The van der Waals surface area contributed by atoms with Crippen LogP contribution >= 0.6 is 22.7 Å². The van der Waals surface area contributed by atoms with Crippen LogP contribution in [0.4, 0.5) is 16.0 Å². The van der Waals surface area contributed by atoms with Crippen LogP contribution in [0.5, 0.6) is 5.75 Å². The Bertz CT molecular complexity index is 1290. The van der Waals surface area contributed by atoms with Gasteiger partial charge in [0.15, 0.2) is 10.3 Å². The Morgan fingerprint density at radius 1 is 0.970 bits per heavy atom. The van der Waals surface area contributed by atoms with E-state index in [4.69, 9.17) is 4.74 Å². The minimum atomic E-state index is -3.67. The minimum absolute atomic E-state index is 0.105. The molecule has 0 saturated heterocycles. The van der Waals surface area contributed by atoms with Gasteiger partial charge in [-0.25, -0.2) is 18.4 Å². The van der Waals surface area contributed by atoms with E-state index >= 15 is 0 Å². The highest BCUT2D eigenvalue weighted by Gasteiger charge is 2.16. The van der Waals surface area contributed by atoms with E-state index in [9.17, 15) is 8.42 Å². The Kier molecular flexibility index (Phi) is 6.68. The second kappa shape index (κ2) is 9.50. The average Bonchev–Trinajstić information content (AvgIpc) is 3.44. The third-order valence-electron chi connectivity index (χ3n) is 4.73. The van der Waals surface area contributed by atoms with Crippen molar-refractivity contribution >= 4 is 48.6 Å². The second-order valence-electron chi connectivity index (χ2n) is 8.30. The summed E-state index contributed by atoms with van der Waals surface area (Å²) in [5.41, 5.74) is 2.92. The SMILES string of the molecule is CC(C)(C)c1ccc(OCc2csc(Nc3ccc(S(=O)(=O)Nc4nccs4)cc3)n2)cc1. The first-order valence-electron chi connectivity index (χ1n) is 10.2. The molecule has 0 fully saturated rings. The zero-order valence-electron chi connectivity index (χ0n) is 18.4. The Morgan fingerprint density at radius 2 is 1.70 bits per heavy atom. The lowest BCUT2D eigenvalue weighted by atomic mass is 9.87. The summed E-state index contributed by atoms with van der Waals surface area (Å²) in [6.07, 6.45) is 1.55. The van der Waals surface area contributed by atoms with Gasteiger partial charge in [-0.1, -0.05) is 32.9 Å². The maximum atomic E-state index is 12.4. The van der Waals surface area contributed by atoms with E-state index in [0.29, 0.717) is 16.9 Å². The standard InChI is InChI=1S/C23H24N4O3S3/c1-23(2,3)16-4-8-19(9-5-16)30-14-18-15-32-22(26-18)25-17-6-10-20(11-7-17)33(28,29)27-21-24-12-13-31-21/h4-13,15H,14H2,1-3H3,(H,24,27)(H,25,26). The Hall–Kier alpha value is -2.95. The van der Waals surface area contributed by atoms with Gasteiger partial charge in [0.25, 0.3) is 10.0 Å². The molecule has 0 saturated carbocycles. The van der Waals surface area contributed by atoms with Crippen LogP contribution < -0.4 is 14.8 Å². The maximum Gasteiger partial charge on any atom is 0.263 e. The first-order valence-corrected chi connectivity index (χ1v) is 13.4. The molecule has 0 aliphatic heterocycles. The van der Waals surface area contributed by atoms with Crippen LogP contribution in [0.25, 0.3) is 0 Å². The third kappa shape index (κ3) is 6.10. The van der Waals surface area contributed by atoms with Crippen molar-refractivity contribution in [1.82, 2.24) is 9.97 Å². The number of rotatable bonds is 8. The zero-order valence-corrected chi connectivity index (χ0v) is 20.9. The van der Waals surface area contributed by atoms with Gasteiger partial charge in [-0.05, 0) is 47.4 Å². The van der Waals surface area contributed by atoms with E-state index < -0.39 is 10.0 Å². The van der Waals surface area contributed by atoms with E-state index in [-0.39, 0.29) is 10.3 Å². The Labute approximate surface area is 201 Å². The molecule has 0 unspecified atom stereocenters. The molecule has 7 nitrogen and oxygen atoms in total. The number of hydrogen-bond acceptors (Lipinski definition) is 8. The number of nitrogens with one attached hydrogen (secondary N) is 2. The van der Waals surface area contributed by atoms with Crippen molar-refractivity contribution in [1.29, 1.82) is 0 Å². The summed E-state index contributed by atoms with van der Waals surface area (Å²) in [6, 6.07) is 14.6. The van der Waals surface area contributed by atoms with Crippen molar-refractivity contribution in [3.63, 3.8) is 0 Å². The van der Waals surface area contributed by atoms with Gasteiger partial charge >= 0.3 is 0 Å². The largest absolute Gasteiger partial charge is 0.487 e. The van der Waals surface area contributed by atoms with Gasteiger partial charge in [-0.2, -0.15) is 0 Å². The number of thiazole rings is 2. The molecule has 2 N–H and O–H groups in total. The number of anilines is 3. The van der Waals surface area contributed by atoms with Crippen molar-refractivity contribution in [2.45, 2.75) is 37.7 Å². The Morgan fingerprint density at radius 3 is 2.33 bits per heavy atom. The highest BCUT2D eigenvalue weighted by molar-refractivity contribution is 7.93. The molecule has 0 aliphatic rings. The maximum absolute atomic E-state index is 12.4. The lowest BCUT2D eigenvalue weighted by molar-refractivity contribution is 0.302. The molecule has 0 radical (unpaired) electrons. The van der Waals surface area contributed by atoms with Gasteiger partial charge in [0.2, 0.25) is 0 Å². The number of hydrogen-bond donors (Lipinski definition) is 2. The normalized spacial score (nSPS) is 11.8. The molecule has 10 heteroatoms. The predicted molar refractivity (Wildman–Crippen MR) is 134 cm³/mol. The molecule has 2 heterocycles. The van der Waals surface area contributed by atoms with Gasteiger partial charge in [0, 0.05) is 22.6 Å². The van der Waals surface area contributed by atoms with Crippen molar-refractivity contribution in [3.8, 4) is 5.75 Å². The fourth-order valence-corrected chi connectivity index (χ4v) is 5.43. The molecule has 0 amide bonds. The van der Waals surface area contributed by atoms with E-state index in [0.717, 1.165) is 17.1 Å². The van der Waals surface area contributed by atoms with E-state index in [2.05, 4.69) is 52.9 Å². The monoisotopic (exact) mass is 500 g/mol. The van der Waals surface area contributed by atoms with Crippen molar-refractivity contribution < 1.29 is 13.2 Å².